The summed E-state index contributed by atoms with van der Waals surface area (Å²) < 4.78 is 2.26. The van der Waals surface area contributed by atoms with E-state index in [2.05, 4.69) is 0 Å². The smallest absolute Gasteiger partial charge is 0.323 e. The Balaban J connectivity index is 2.00. The third-order valence-corrected chi connectivity index (χ3v) is 4.76. The van der Waals surface area contributed by atoms with Crippen LogP contribution >= 0.6 is 24.0 Å². The Bertz CT molecular complexity index is 838. The molecule has 3 rings (SSSR count). The van der Waals surface area contributed by atoms with Gasteiger partial charge in [0.15, 0.2) is 0 Å². The zero-order valence-corrected chi connectivity index (χ0v) is 13.3. The van der Waals surface area contributed by atoms with Crippen LogP contribution < -0.4 is 0 Å². The minimum Gasteiger partial charge on any atom is -0.480 e. The number of nitrogens with zero attached hydrogens (tertiary/aromatic N) is 2. The van der Waals surface area contributed by atoms with Gasteiger partial charge >= 0.3 is 5.97 Å². The number of benzene rings is 1. The molecule has 22 heavy (non-hydrogen) atoms. The van der Waals surface area contributed by atoms with Crippen LogP contribution in [0.3, 0.4) is 0 Å². The third-order valence-electron chi connectivity index (χ3n) is 3.38. The highest BCUT2D eigenvalue weighted by molar-refractivity contribution is 8.26. The number of carboxylic acids is 1. The molecule has 0 bridgehead atoms. The first-order valence-corrected chi connectivity index (χ1v) is 7.71. The minimum absolute atomic E-state index is 0.277. The molecular weight excluding hydrogens is 320 g/mol. The quantitative estimate of drug-likeness (QED) is 0.691. The average molecular weight is 332 g/mol. The molecular formula is C15H12N2O3S2. The molecule has 1 aromatic heterocycles. The second-order valence-corrected chi connectivity index (χ2v) is 6.55. The van der Waals surface area contributed by atoms with Gasteiger partial charge in [-0.25, -0.2) is 0 Å². The van der Waals surface area contributed by atoms with E-state index in [1.165, 1.54) is 0 Å². The van der Waals surface area contributed by atoms with Crippen LogP contribution in [-0.4, -0.2) is 37.3 Å². The van der Waals surface area contributed by atoms with Crippen LogP contribution in [-0.2, 0) is 16.6 Å². The van der Waals surface area contributed by atoms with Gasteiger partial charge in [-0.1, -0.05) is 42.2 Å². The molecule has 0 saturated carbocycles. The van der Waals surface area contributed by atoms with Crippen molar-refractivity contribution in [1.82, 2.24) is 9.47 Å². The van der Waals surface area contributed by atoms with Gasteiger partial charge in [0.1, 0.15) is 10.9 Å². The molecule has 5 nitrogen and oxygen atoms in total. The summed E-state index contributed by atoms with van der Waals surface area (Å²) in [5.41, 5.74) is 1.98. The summed E-state index contributed by atoms with van der Waals surface area (Å²) in [5.74, 6) is -1.44. The van der Waals surface area contributed by atoms with E-state index in [0.29, 0.717) is 4.91 Å². The van der Waals surface area contributed by atoms with Crippen LogP contribution in [0.25, 0.3) is 17.0 Å². The molecule has 1 aromatic carbocycles. The number of fused-ring (bicyclic) bond motifs is 1. The molecule has 1 amide bonds. The van der Waals surface area contributed by atoms with Crippen molar-refractivity contribution in [2.45, 2.75) is 0 Å². The molecule has 1 aliphatic rings. The maximum Gasteiger partial charge on any atom is 0.323 e. The first-order chi connectivity index (χ1) is 10.5. The maximum absolute atomic E-state index is 12.3. The van der Waals surface area contributed by atoms with Gasteiger partial charge in [0, 0.05) is 29.7 Å². The average Bonchev–Trinajstić information content (AvgIpc) is 2.92. The fraction of sp³-hybridized carbons (Fsp3) is 0.133. The number of aryl methyl sites for hydroxylation is 1. The fourth-order valence-corrected chi connectivity index (χ4v) is 3.65. The van der Waals surface area contributed by atoms with E-state index in [1.54, 1.807) is 6.08 Å². The maximum atomic E-state index is 12.3. The molecule has 1 fully saturated rings. The van der Waals surface area contributed by atoms with Gasteiger partial charge in [0.2, 0.25) is 0 Å². The summed E-state index contributed by atoms with van der Waals surface area (Å²) >= 11 is 6.22. The molecule has 0 atom stereocenters. The van der Waals surface area contributed by atoms with Crippen LogP contribution in [0.4, 0.5) is 0 Å². The number of carbonyl (C=O) groups is 2. The highest BCUT2D eigenvalue weighted by atomic mass is 32.2. The lowest BCUT2D eigenvalue weighted by Gasteiger charge is -2.10. The van der Waals surface area contributed by atoms with Crippen LogP contribution in [0.5, 0.6) is 0 Å². The Morgan fingerprint density at radius 3 is 2.86 bits per heavy atom. The zero-order valence-electron chi connectivity index (χ0n) is 11.6. The number of para-hydroxylation sites is 1. The summed E-state index contributed by atoms with van der Waals surface area (Å²) in [5, 5.41) is 9.88. The number of aromatic nitrogens is 1. The van der Waals surface area contributed by atoms with Crippen molar-refractivity contribution in [3.05, 3.63) is 40.9 Å². The Morgan fingerprint density at radius 1 is 1.41 bits per heavy atom. The summed E-state index contributed by atoms with van der Waals surface area (Å²) in [7, 11) is 1.94. The van der Waals surface area contributed by atoms with Crippen molar-refractivity contribution >= 4 is 57.2 Å². The Labute approximate surface area is 136 Å². The van der Waals surface area contributed by atoms with Gasteiger partial charge in [-0.2, -0.15) is 0 Å². The van der Waals surface area contributed by atoms with Crippen LogP contribution in [0, 0.1) is 0 Å². The Kier molecular flexibility index (Phi) is 3.76. The number of hydrogen-bond acceptors (Lipinski definition) is 4. The first kappa shape index (κ1) is 14.8. The number of rotatable bonds is 3. The van der Waals surface area contributed by atoms with Gasteiger partial charge in [-0.05, 0) is 12.1 Å². The van der Waals surface area contributed by atoms with Crippen molar-refractivity contribution in [1.29, 1.82) is 0 Å². The van der Waals surface area contributed by atoms with E-state index in [1.807, 2.05) is 42.1 Å². The summed E-state index contributed by atoms with van der Waals surface area (Å²) in [6, 6.07) is 7.88. The molecule has 2 heterocycles. The molecule has 0 radical (unpaired) electrons. The van der Waals surface area contributed by atoms with Crippen molar-refractivity contribution in [3.8, 4) is 0 Å². The van der Waals surface area contributed by atoms with Crippen LogP contribution in [0.1, 0.15) is 5.56 Å². The molecule has 1 saturated heterocycles. The number of hydrogen-bond donors (Lipinski definition) is 1. The Hall–Kier alpha value is -2.12. The highest BCUT2D eigenvalue weighted by Crippen LogP contribution is 2.34. The predicted molar refractivity (Wildman–Crippen MR) is 90.4 cm³/mol. The van der Waals surface area contributed by atoms with E-state index >= 15 is 0 Å². The van der Waals surface area contributed by atoms with E-state index in [9.17, 15) is 9.59 Å². The summed E-state index contributed by atoms with van der Waals surface area (Å²) in [4.78, 5) is 24.6. The van der Waals surface area contributed by atoms with Crippen molar-refractivity contribution < 1.29 is 14.7 Å². The number of carboxylic acid groups (broad SMARTS) is 1. The SMILES string of the molecule is Cn1cc(C=C2SC(=S)N(CC(=O)O)C2=O)c2ccccc21. The van der Waals surface area contributed by atoms with E-state index in [0.717, 1.165) is 33.1 Å². The molecule has 0 spiro atoms. The van der Waals surface area contributed by atoms with E-state index in [4.69, 9.17) is 17.3 Å². The number of aliphatic carboxylic acids is 1. The number of thioether (sulfide) groups is 1. The monoisotopic (exact) mass is 332 g/mol. The Morgan fingerprint density at radius 2 is 2.14 bits per heavy atom. The standard InChI is InChI=1S/C15H12N2O3S2/c1-16-7-9(10-4-2-3-5-11(10)16)6-12-14(20)17(8-13(18)19)15(21)22-12/h2-7H,8H2,1H3,(H,18,19). The first-order valence-electron chi connectivity index (χ1n) is 6.48. The highest BCUT2D eigenvalue weighted by Gasteiger charge is 2.33. The van der Waals surface area contributed by atoms with Gasteiger partial charge in [0.25, 0.3) is 5.91 Å². The normalized spacial score (nSPS) is 17.0. The van der Waals surface area contributed by atoms with Gasteiger partial charge < -0.3 is 9.67 Å². The van der Waals surface area contributed by atoms with Crippen molar-refractivity contribution in [3.63, 3.8) is 0 Å². The molecule has 112 valence electrons. The summed E-state index contributed by atoms with van der Waals surface area (Å²) in [6.45, 7) is -0.405. The molecule has 1 aliphatic heterocycles. The van der Waals surface area contributed by atoms with Crippen molar-refractivity contribution in [2.75, 3.05) is 6.54 Å². The van der Waals surface area contributed by atoms with E-state index in [-0.39, 0.29) is 10.2 Å². The topological polar surface area (TPSA) is 62.5 Å². The second kappa shape index (κ2) is 5.58. The number of amides is 1. The molecule has 0 aliphatic carbocycles. The third kappa shape index (κ3) is 2.53. The minimum atomic E-state index is -1.08. The molecule has 7 heteroatoms. The predicted octanol–water partition coefficient (Wildman–Crippen LogP) is 2.46. The largest absolute Gasteiger partial charge is 0.480 e. The van der Waals surface area contributed by atoms with E-state index < -0.39 is 12.5 Å². The lowest BCUT2D eigenvalue weighted by Crippen LogP contribution is -2.33. The lowest BCUT2D eigenvalue weighted by molar-refractivity contribution is -0.140. The molecule has 1 N–H and O–H groups in total. The van der Waals surface area contributed by atoms with Gasteiger partial charge in [0.05, 0.1) is 4.91 Å². The van der Waals surface area contributed by atoms with Gasteiger partial charge in [-0.3, -0.25) is 14.5 Å². The van der Waals surface area contributed by atoms with Crippen LogP contribution in [0.2, 0.25) is 0 Å². The second-order valence-electron chi connectivity index (χ2n) is 4.87. The van der Waals surface area contributed by atoms with Crippen molar-refractivity contribution in [2.24, 2.45) is 7.05 Å². The zero-order chi connectivity index (χ0) is 15.9. The molecule has 0 unspecified atom stereocenters. The lowest BCUT2D eigenvalue weighted by atomic mass is 10.1. The molecule has 2 aromatic rings. The van der Waals surface area contributed by atoms with Crippen LogP contribution in [0.15, 0.2) is 35.4 Å². The summed E-state index contributed by atoms with van der Waals surface area (Å²) in [6.07, 6.45) is 3.71. The fourth-order valence-electron chi connectivity index (χ4n) is 2.40. The number of carbonyl (C=O) groups excluding carboxylic acids is 1. The number of thiocarbonyl (C=S) groups is 1. The van der Waals surface area contributed by atoms with Gasteiger partial charge in [-0.15, -0.1) is 0 Å².